The molecule has 1 amide bonds. The molecule has 2 fully saturated rings. The van der Waals surface area contributed by atoms with Gasteiger partial charge >= 0.3 is 0 Å². The lowest BCUT2D eigenvalue weighted by molar-refractivity contribution is 0.0774. The minimum Gasteiger partial charge on any atom is -0.337 e. The first kappa shape index (κ1) is 19.2. The molecule has 0 radical (unpaired) electrons. The van der Waals surface area contributed by atoms with Crippen molar-refractivity contribution >= 4 is 29.9 Å². The van der Waals surface area contributed by atoms with E-state index >= 15 is 0 Å². The van der Waals surface area contributed by atoms with Crippen molar-refractivity contribution < 1.29 is 4.79 Å². The molecule has 0 bridgehead atoms. The van der Waals surface area contributed by atoms with Crippen LogP contribution in [-0.2, 0) is 0 Å². The molecule has 1 atom stereocenters. The van der Waals surface area contributed by atoms with Crippen LogP contribution < -0.4 is 5.32 Å². The van der Waals surface area contributed by atoms with E-state index in [0.717, 1.165) is 56.9 Å². The van der Waals surface area contributed by atoms with E-state index in [2.05, 4.69) is 20.4 Å². The Balaban J connectivity index is 0.00000196. The van der Waals surface area contributed by atoms with E-state index in [1.165, 1.54) is 0 Å². The molecule has 6 nitrogen and oxygen atoms in total. The molecule has 2 aromatic rings. The van der Waals surface area contributed by atoms with Crippen molar-refractivity contribution in [1.29, 1.82) is 0 Å². The first-order valence-corrected chi connectivity index (χ1v) is 9.13. The summed E-state index contributed by atoms with van der Waals surface area (Å²) in [6.07, 6.45) is 2.67. The zero-order chi connectivity index (χ0) is 17.2. The van der Waals surface area contributed by atoms with Gasteiger partial charge in [0.15, 0.2) is 0 Å². The van der Waals surface area contributed by atoms with E-state index in [-0.39, 0.29) is 18.3 Å². The number of aromatic amines is 1. The van der Waals surface area contributed by atoms with Crippen molar-refractivity contribution in [3.63, 3.8) is 0 Å². The smallest absolute Gasteiger partial charge is 0.257 e. The Labute approximate surface area is 164 Å². The Kier molecular flexibility index (Phi) is 6.19. The number of benzene rings is 1. The molecule has 0 spiro atoms. The third kappa shape index (κ3) is 3.88. The lowest BCUT2D eigenvalue weighted by Crippen LogP contribution is -2.49. The molecule has 26 heavy (non-hydrogen) atoms. The van der Waals surface area contributed by atoms with Crippen LogP contribution in [-0.4, -0.2) is 71.2 Å². The van der Waals surface area contributed by atoms with Gasteiger partial charge in [-0.25, -0.2) is 0 Å². The zero-order valence-corrected chi connectivity index (χ0v) is 16.0. The Hall–Kier alpha value is -1.60. The van der Waals surface area contributed by atoms with E-state index in [1.807, 2.05) is 29.2 Å². The van der Waals surface area contributed by atoms with Gasteiger partial charge in [0.2, 0.25) is 0 Å². The van der Waals surface area contributed by atoms with Gasteiger partial charge in [-0.1, -0.05) is 23.7 Å². The van der Waals surface area contributed by atoms with Gasteiger partial charge in [-0.2, -0.15) is 5.10 Å². The monoisotopic (exact) mass is 395 g/mol. The Bertz CT molecular complexity index is 742. The van der Waals surface area contributed by atoms with Gasteiger partial charge in [-0.15, -0.1) is 12.4 Å². The predicted molar refractivity (Wildman–Crippen MR) is 105 cm³/mol. The number of nitrogens with zero attached hydrogens (tertiary/aromatic N) is 3. The van der Waals surface area contributed by atoms with Gasteiger partial charge in [-0.05, 0) is 18.6 Å². The summed E-state index contributed by atoms with van der Waals surface area (Å²) < 4.78 is 0. The van der Waals surface area contributed by atoms with Crippen molar-refractivity contribution in [2.45, 2.75) is 12.5 Å². The van der Waals surface area contributed by atoms with Gasteiger partial charge in [0.1, 0.15) is 0 Å². The lowest BCUT2D eigenvalue weighted by atomic mass is 10.1. The minimum atomic E-state index is 0. The van der Waals surface area contributed by atoms with Gasteiger partial charge in [-0.3, -0.25) is 14.8 Å². The Morgan fingerprint density at radius 2 is 1.88 bits per heavy atom. The molecule has 140 valence electrons. The highest BCUT2D eigenvalue weighted by Gasteiger charge is 2.32. The summed E-state index contributed by atoms with van der Waals surface area (Å²) in [5.41, 5.74) is 2.30. The largest absolute Gasteiger partial charge is 0.337 e. The van der Waals surface area contributed by atoms with Crippen molar-refractivity contribution in [3.8, 4) is 11.3 Å². The molecular formula is C18H23Cl2N5O. The second kappa shape index (κ2) is 8.39. The fraction of sp³-hybridized carbons (Fsp3) is 0.444. The van der Waals surface area contributed by atoms with E-state index in [1.54, 1.807) is 6.20 Å². The van der Waals surface area contributed by atoms with Crippen LogP contribution >= 0.6 is 24.0 Å². The van der Waals surface area contributed by atoms with Crippen LogP contribution in [0.1, 0.15) is 16.8 Å². The third-order valence-corrected chi connectivity index (χ3v) is 5.37. The summed E-state index contributed by atoms with van der Waals surface area (Å²) in [6, 6.07) is 7.92. The average molecular weight is 396 g/mol. The fourth-order valence-corrected chi connectivity index (χ4v) is 3.85. The molecule has 1 aromatic carbocycles. The average Bonchev–Trinajstić information content (AvgIpc) is 3.32. The maximum absolute atomic E-state index is 13.0. The van der Waals surface area contributed by atoms with Crippen LogP contribution in [0.2, 0.25) is 5.02 Å². The standard InChI is InChI=1S/C18H22ClN5O.ClH/c19-14-3-1-13(2-4-14)17-16(11-21-22-17)18(25)24-8-5-15(12-24)23-9-6-20-7-10-23;/h1-4,11,15,20H,5-10,12H2,(H,21,22);1H. The highest BCUT2D eigenvalue weighted by atomic mass is 35.5. The molecular weight excluding hydrogens is 373 g/mol. The molecule has 2 aliphatic rings. The molecule has 2 aliphatic heterocycles. The van der Waals surface area contributed by atoms with E-state index in [4.69, 9.17) is 11.6 Å². The van der Waals surface area contributed by atoms with Crippen molar-refractivity contribution in [2.75, 3.05) is 39.3 Å². The molecule has 0 saturated carbocycles. The van der Waals surface area contributed by atoms with Crippen LogP contribution in [0.4, 0.5) is 0 Å². The summed E-state index contributed by atoms with van der Waals surface area (Å²) >= 11 is 5.96. The minimum absolute atomic E-state index is 0. The third-order valence-electron chi connectivity index (χ3n) is 5.12. The number of H-pyrrole nitrogens is 1. The highest BCUT2D eigenvalue weighted by molar-refractivity contribution is 6.30. The first-order chi connectivity index (χ1) is 12.2. The number of hydrogen-bond acceptors (Lipinski definition) is 4. The zero-order valence-electron chi connectivity index (χ0n) is 14.4. The van der Waals surface area contributed by atoms with E-state index < -0.39 is 0 Å². The van der Waals surface area contributed by atoms with Crippen LogP contribution in [0, 0.1) is 0 Å². The van der Waals surface area contributed by atoms with E-state index in [0.29, 0.717) is 16.6 Å². The number of aromatic nitrogens is 2. The number of carbonyl (C=O) groups is 1. The molecule has 4 rings (SSSR count). The number of amides is 1. The normalized spacial score (nSPS) is 20.8. The number of halogens is 2. The SMILES string of the molecule is Cl.O=C(c1cn[nH]c1-c1ccc(Cl)cc1)N1CCC(N2CCNCC2)C1. The van der Waals surface area contributed by atoms with Gasteiger partial charge in [0.05, 0.1) is 17.5 Å². The second-order valence-corrected chi connectivity index (χ2v) is 7.08. The molecule has 2 N–H and O–H groups in total. The maximum atomic E-state index is 13.0. The first-order valence-electron chi connectivity index (χ1n) is 8.76. The topological polar surface area (TPSA) is 64.3 Å². The number of nitrogens with one attached hydrogen (secondary N) is 2. The van der Waals surface area contributed by atoms with Crippen LogP contribution in [0.25, 0.3) is 11.3 Å². The van der Waals surface area contributed by atoms with Gasteiger partial charge in [0, 0.05) is 55.9 Å². The summed E-state index contributed by atoms with van der Waals surface area (Å²) in [7, 11) is 0. The van der Waals surface area contributed by atoms with Crippen molar-refractivity contribution in [3.05, 3.63) is 41.0 Å². The number of rotatable bonds is 3. The molecule has 0 aliphatic carbocycles. The Morgan fingerprint density at radius 1 is 1.15 bits per heavy atom. The highest BCUT2D eigenvalue weighted by Crippen LogP contribution is 2.26. The van der Waals surface area contributed by atoms with Crippen LogP contribution in [0.5, 0.6) is 0 Å². The van der Waals surface area contributed by atoms with Crippen LogP contribution in [0.3, 0.4) is 0 Å². The van der Waals surface area contributed by atoms with Crippen LogP contribution in [0.15, 0.2) is 30.5 Å². The van der Waals surface area contributed by atoms with Gasteiger partial charge in [0.25, 0.3) is 5.91 Å². The number of piperazine rings is 1. The molecule has 1 unspecified atom stereocenters. The maximum Gasteiger partial charge on any atom is 0.257 e. The number of carbonyl (C=O) groups excluding carboxylic acids is 1. The Morgan fingerprint density at radius 3 is 2.62 bits per heavy atom. The summed E-state index contributed by atoms with van der Waals surface area (Å²) in [6.45, 7) is 5.80. The van der Waals surface area contributed by atoms with E-state index in [9.17, 15) is 4.79 Å². The molecule has 8 heteroatoms. The van der Waals surface area contributed by atoms with Gasteiger partial charge < -0.3 is 10.2 Å². The van der Waals surface area contributed by atoms with Crippen molar-refractivity contribution in [1.82, 2.24) is 25.3 Å². The number of hydrogen-bond donors (Lipinski definition) is 2. The summed E-state index contributed by atoms with van der Waals surface area (Å²) in [4.78, 5) is 17.5. The number of likely N-dealkylation sites (tertiary alicyclic amines) is 1. The lowest BCUT2D eigenvalue weighted by Gasteiger charge is -2.32. The quantitative estimate of drug-likeness (QED) is 0.836. The molecule has 1 aromatic heterocycles. The molecule has 2 saturated heterocycles. The second-order valence-electron chi connectivity index (χ2n) is 6.65. The molecule has 3 heterocycles. The predicted octanol–water partition coefficient (Wildman–Crippen LogP) is 2.27. The summed E-state index contributed by atoms with van der Waals surface area (Å²) in [5.74, 6) is 0.0522. The fourth-order valence-electron chi connectivity index (χ4n) is 3.73. The summed E-state index contributed by atoms with van der Waals surface area (Å²) in [5, 5.41) is 11.1. The van der Waals surface area contributed by atoms with Crippen molar-refractivity contribution in [2.24, 2.45) is 0 Å².